The van der Waals surface area contributed by atoms with Crippen LogP contribution in [0.2, 0.25) is 0 Å². The normalized spacial score (nSPS) is 15.9. The standard InChI is InChI=1S/C21H26N4O3/c1-28-19-7-3-2-5-17(19)18-6-4-12-25(18)20(26)14-24-21(27)23-13-15-8-10-16(22)11-9-15/h2-3,5,7-11,18H,4,6,12-14,22H2,1H3,(H2,23,24,27)/t18-/m1/s1. The highest BCUT2D eigenvalue weighted by atomic mass is 16.5. The van der Waals surface area contributed by atoms with Crippen LogP contribution in [0, 0.1) is 0 Å². The molecule has 7 nitrogen and oxygen atoms in total. The van der Waals surface area contributed by atoms with Gasteiger partial charge in [0.25, 0.3) is 0 Å². The Hall–Kier alpha value is -3.22. The van der Waals surface area contributed by atoms with E-state index >= 15 is 0 Å². The molecule has 1 aliphatic heterocycles. The number of hydrogen-bond donors (Lipinski definition) is 3. The maximum absolute atomic E-state index is 12.7. The van der Waals surface area contributed by atoms with E-state index in [-0.39, 0.29) is 24.5 Å². The Morgan fingerprint density at radius 2 is 1.89 bits per heavy atom. The van der Waals surface area contributed by atoms with Crippen LogP contribution in [-0.2, 0) is 11.3 Å². The second kappa shape index (κ2) is 9.12. The molecule has 0 unspecified atom stereocenters. The number of likely N-dealkylation sites (tertiary alicyclic amines) is 1. The van der Waals surface area contributed by atoms with Gasteiger partial charge >= 0.3 is 6.03 Å². The molecule has 0 bridgehead atoms. The maximum Gasteiger partial charge on any atom is 0.315 e. The van der Waals surface area contributed by atoms with Gasteiger partial charge in [0, 0.05) is 24.3 Å². The predicted octanol–water partition coefficient (Wildman–Crippen LogP) is 2.44. The number of nitrogens with zero attached hydrogens (tertiary/aromatic N) is 1. The number of nitrogens with two attached hydrogens (primary N) is 1. The number of carbonyl (C=O) groups is 2. The molecule has 1 saturated heterocycles. The van der Waals surface area contributed by atoms with Crippen LogP contribution in [0.25, 0.3) is 0 Å². The van der Waals surface area contributed by atoms with Crippen LogP contribution in [-0.4, -0.2) is 37.0 Å². The van der Waals surface area contributed by atoms with Crippen molar-refractivity contribution in [1.29, 1.82) is 0 Å². The van der Waals surface area contributed by atoms with E-state index < -0.39 is 0 Å². The molecule has 0 aromatic heterocycles. The summed E-state index contributed by atoms with van der Waals surface area (Å²) in [5, 5.41) is 5.39. The molecular formula is C21H26N4O3. The number of anilines is 1. The second-order valence-electron chi connectivity index (χ2n) is 6.76. The number of urea groups is 1. The third kappa shape index (κ3) is 4.73. The summed E-state index contributed by atoms with van der Waals surface area (Å²) in [7, 11) is 1.63. The van der Waals surface area contributed by atoms with Crippen molar-refractivity contribution in [3.63, 3.8) is 0 Å². The van der Waals surface area contributed by atoms with Gasteiger partial charge in [-0.2, -0.15) is 0 Å². The van der Waals surface area contributed by atoms with E-state index in [2.05, 4.69) is 10.6 Å². The summed E-state index contributed by atoms with van der Waals surface area (Å²) >= 11 is 0. The van der Waals surface area contributed by atoms with Gasteiger partial charge in [0.2, 0.25) is 5.91 Å². The Balaban J connectivity index is 1.52. The van der Waals surface area contributed by atoms with Crippen molar-refractivity contribution in [1.82, 2.24) is 15.5 Å². The van der Waals surface area contributed by atoms with Gasteiger partial charge in [0.1, 0.15) is 5.75 Å². The van der Waals surface area contributed by atoms with E-state index in [4.69, 9.17) is 10.5 Å². The smallest absolute Gasteiger partial charge is 0.315 e. The third-order valence-corrected chi connectivity index (χ3v) is 4.90. The van der Waals surface area contributed by atoms with E-state index in [9.17, 15) is 9.59 Å². The van der Waals surface area contributed by atoms with Crippen LogP contribution in [0.4, 0.5) is 10.5 Å². The number of carbonyl (C=O) groups excluding carboxylic acids is 2. The lowest BCUT2D eigenvalue weighted by Crippen LogP contribution is -2.43. The molecule has 0 saturated carbocycles. The summed E-state index contributed by atoms with van der Waals surface area (Å²) in [6.07, 6.45) is 1.81. The van der Waals surface area contributed by atoms with Crippen molar-refractivity contribution in [2.75, 3.05) is 25.9 Å². The number of ether oxygens (including phenoxy) is 1. The molecular weight excluding hydrogens is 356 g/mol. The van der Waals surface area contributed by atoms with E-state index in [1.54, 1.807) is 19.2 Å². The Morgan fingerprint density at radius 1 is 1.14 bits per heavy atom. The van der Waals surface area contributed by atoms with E-state index in [1.807, 2.05) is 41.3 Å². The molecule has 0 aliphatic carbocycles. The number of nitrogen functional groups attached to an aromatic ring is 1. The average Bonchev–Trinajstić information content (AvgIpc) is 3.21. The fourth-order valence-electron chi connectivity index (χ4n) is 3.47. The fourth-order valence-corrected chi connectivity index (χ4v) is 3.47. The Labute approximate surface area is 164 Å². The summed E-state index contributed by atoms with van der Waals surface area (Å²) in [5.41, 5.74) is 8.26. The third-order valence-electron chi connectivity index (χ3n) is 4.90. The van der Waals surface area contributed by atoms with Crippen molar-refractivity contribution < 1.29 is 14.3 Å². The molecule has 2 aromatic rings. The molecule has 1 aliphatic rings. The number of amides is 3. The number of para-hydroxylation sites is 1. The number of benzene rings is 2. The molecule has 28 heavy (non-hydrogen) atoms. The molecule has 1 fully saturated rings. The molecule has 4 N–H and O–H groups in total. The molecule has 3 rings (SSSR count). The average molecular weight is 382 g/mol. The quantitative estimate of drug-likeness (QED) is 0.669. The molecule has 0 radical (unpaired) electrons. The largest absolute Gasteiger partial charge is 0.496 e. The van der Waals surface area contributed by atoms with Crippen molar-refractivity contribution in [2.24, 2.45) is 0 Å². The summed E-state index contributed by atoms with van der Waals surface area (Å²) < 4.78 is 5.44. The lowest BCUT2D eigenvalue weighted by Gasteiger charge is -2.26. The first-order valence-corrected chi connectivity index (χ1v) is 9.37. The predicted molar refractivity (Wildman–Crippen MR) is 108 cm³/mol. The van der Waals surface area contributed by atoms with Crippen molar-refractivity contribution in [2.45, 2.75) is 25.4 Å². The number of methoxy groups -OCH3 is 1. The van der Waals surface area contributed by atoms with Gasteiger partial charge in [-0.3, -0.25) is 4.79 Å². The van der Waals surface area contributed by atoms with Gasteiger partial charge in [-0.1, -0.05) is 30.3 Å². The Bertz CT molecular complexity index is 823. The van der Waals surface area contributed by atoms with Crippen LogP contribution in [0.15, 0.2) is 48.5 Å². The topological polar surface area (TPSA) is 96.7 Å². The summed E-state index contributed by atoms with van der Waals surface area (Å²) in [6.45, 7) is 1.00. The number of hydrogen-bond acceptors (Lipinski definition) is 4. The highest BCUT2D eigenvalue weighted by Crippen LogP contribution is 2.36. The SMILES string of the molecule is COc1ccccc1[C@H]1CCCN1C(=O)CNC(=O)NCc1ccc(N)cc1. The first kappa shape index (κ1) is 19.5. The van der Waals surface area contributed by atoms with Crippen molar-refractivity contribution >= 4 is 17.6 Å². The minimum atomic E-state index is -0.377. The maximum atomic E-state index is 12.7. The van der Waals surface area contributed by atoms with E-state index in [1.165, 1.54) is 0 Å². The minimum Gasteiger partial charge on any atom is -0.496 e. The number of rotatable bonds is 6. The van der Waals surface area contributed by atoms with Gasteiger partial charge in [-0.25, -0.2) is 4.79 Å². The van der Waals surface area contributed by atoms with Gasteiger partial charge < -0.3 is 26.0 Å². The second-order valence-corrected chi connectivity index (χ2v) is 6.76. The van der Waals surface area contributed by atoms with Crippen LogP contribution in [0.3, 0.4) is 0 Å². The summed E-state index contributed by atoms with van der Waals surface area (Å²) in [4.78, 5) is 26.5. The molecule has 7 heteroatoms. The molecule has 3 amide bonds. The van der Waals surface area contributed by atoms with Crippen LogP contribution in [0.1, 0.15) is 30.0 Å². The molecule has 0 spiro atoms. The Kier molecular flexibility index (Phi) is 6.37. The van der Waals surface area contributed by atoms with E-state index in [0.29, 0.717) is 18.8 Å². The van der Waals surface area contributed by atoms with Crippen LogP contribution in [0.5, 0.6) is 5.75 Å². The number of nitrogens with one attached hydrogen (secondary N) is 2. The summed E-state index contributed by atoms with van der Waals surface area (Å²) in [5.74, 6) is 0.678. The minimum absolute atomic E-state index is 0.0247. The van der Waals surface area contributed by atoms with Gasteiger partial charge in [0.15, 0.2) is 0 Å². The zero-order valence-corrected chi connectivity index (χ0v) is 16.0. The first-order valence-electron chi connectivity index (χ1n) is 9.37. The zero-order chi connectivity index (χ0) is 19.9. The molecule has 1 atom stereocenters. The fraction of sp³-hybridized carbons (Fsp3) is 0.333. The monoisotopic (exact) mass is 382 g/mol. The van der Waals surface area contributed by atoms with Gasteiger partial charge in [-0.15, -0.1) is 0 Å². The Morgan fingerprint density at radius 3 is 2.64 bits per heavy atom. The molecule has 2 aromatic carbocycles. The van der Waals surface area contributed by atoms with Crippen LogP contribution < -0.4 is 21.1 Å². The highest BCUT2D eigenvalue weighted by molar-refractivity contribution is 5.84. The van der Waals surface area contributed by atoms with Gasteiger partial charge in [-0.05, 0) is 36.6 Å². The first-order chi connectivity index (χ1) is 13.6. The lowest BCUT2D eigenvalue weighted by atomic mass is 10.0. The van der Waals surface area contributed by atoms with Gasteiger partial charge in [0.05, 0.1) is 19.7 Å². The highest BCUT2D eigenvalue weighted by Gasteiger charge is 2.31. The molecule has 1 heterocycles. The zero-order valence-electron chi connectivity index (χ0n) is 16.0. The molecule has 148 valence electrons. The van der Waals surface area contributed by atoms with Crippen molar-refractivity contribution in [3.05, 3.63) is 59.7 Å². The van der Waals surface area contributed by atoms with E-state index in [0.717, 1.165) is 29.7 Å². The van der Waals surface area contributed by atoms with Crippen molar-refractivity contribution in [3.8, 4) is 5.75 Å². The lowest BCUT2D eigenvalue weighted by molar-refractivity contribution is -0.131. The van der Waals surface area contributed by atoms with Crippen LogP contribution >= 0.6 is 0 Å². The summed E-state index contributed by atoms with van der Waals surface area (Å²) in [6, 6.07) is 14.6.